The summed E-state index contributed by atoms with van der Waals surface area (Å²) in [5.74, 6) is 1.37. The van der Waals surface area contributed by atoms with Crippen LogP contribution in [0.15, 0.2) is 132 Å². The van der Waals surface area contributed by atoms with Crippen molar-refractivity contribution in [2.45, 2.75) is 53.4 Å². The smallest absolute Gasteiger partial charge is 0.155 e. The number of carbonyl (C=O) groups excluding carboxylic acids is 1. The van der Waals surface area contributed by atoms with Crippen molar-refractivity contribution in [1.29, 1.82) is 0 Å². The van der Waals surface area contributed by atoms with Gasteiger partial charge >= 0.3 is 0 Å². The van der Waals surface area contributed by atoms with Crippen LogP contribution in [-0.4, -0.2) is 20.4 Å². The van der Waals surface area contributed by atoms with Crippen molar-refractivity contribution in [2.75, 3.05) is 0 Å². The summed E-state index contributed by atoms with van der Waals surface area (Å²) in [7, 11) is 0. The monoisotopic (exact) mass is 838 g/mol. The van der Waals surface area contributed by atoms with E-state index >= 15 is 0 Å². The minimum Gasteiger partial charge on any atom is -0.557 e. The summed E-state index contributed by atoms with van der Waals surface area (Å²) in [6.07, 6.45) is 4.42. The Morgan fingerprint density at radius 2 is 1.30 bits per heavy atom. The van der Waals surface area contributed by atoms with Crippen LogP contribution in [0.5, 0.6) is 0 Å². The van der Waals surface area contributed by atoms with Gasteiger partial charge in [0.05, 0.1) is 22.6 Å². The number of carbonyl (C=O) groups is 1. The number of nitrogens with zero attached hydrogens (tertiary/aromatic N) is 2. The molecule has 255 valence electrons. The van der Waals surface area contributed by atoms with Crippen molar-refractivity contribution in [3.63, 3.8) is 0 Å². The molecule has 0 aliphatic heterocycles. The molecular weight excluding hydrogens is 797 g/mol. The maximum Gasteiger partial charge on any atom is 0.155 e. The van der Waals surface area contributed by atoms with Gasteiger partial charge in [0.2, 0.25) is 0 Å². The van der Waals surface area contributed by atoms with Gasteiger partial charge in [-0.1, -0.05) is 130 Å². The van der Waals surface area contributed by atoms with Crippen molar-refractivity contribution < 1.29 is 34.4 Å². The first kappa shape index (κ1) is 36.3. The number of rotatable bonds is 7. The average Bonchev–Trinajstić information content (AvgIpc) is 3.69. The molecule has 5 nitrogen and oxygen atoms in total. The Morgan fingerprint density at radius 3 is 1.84 bits per heavy atom. The van der Waals surface area contributed by atoms with E-state index in [0.29, 0.717) is 11.8 Å². The molecule has 0 saturated heterocycles. The van der Waals surface area contributed by atoms with Crippen molar-refractivity contribution in [3.05, 3.63) is 144 Å². The fraction of sp³-hybridized carbons (Fsp3) is 0.182. The third kappa shape index (κ3) is 7.57. The predicted molar refractivity (Wildman–Crippen MR) is 201 cm³/mol. The topological polar surface area (TPSA) is 68.3 Å². The largest absolute Gasteiger partial charge is 0.557 e. The number of allylic oxidation sites excluding steroid dienone is 2. The molecule has 2 aromatic heterocycles. The fourth-order valence-electron chi connectivity index (χ4n) is 6.28. The fourth-order valence-corrected chi connectivity index (χ4v) is 6.28. The van der Waals surface area contributed by atoms with Gasteiger partial charge in [-0.25, -0.2) is 0 Å². The molecule has 1 radical (unpaired) electrons. The summed E-state index contributed by atoms with van der Waals surface area (Å²) in [5.41, 5.74) is 12.3. The quantitative estimate of drug-likeness (QED) is 0.0986. The number of hydrogen-bond acceptors (Lipinski definition) is 4. The number of furan rings is 1. The van der Waals surface area contributed by atoms with Crippen molar-refractivity contribution in [2.24, 2.45) is 0 Å². The predicted octanol–water partition coefficient (Wildman–Crippen LogP) is 11.9. The SMILES string of the molecule is CC(=O)/C=C(/C)O.CC(C)c1cc(-c2ccccc2)cc(C(C)C)c1-n1c(-c2[c-]oc3ccc(-c4ccccc4)cc23)nc2ccccc21.[Ir]. The summed E-state index contributed by atoms with van der Waals surface area (Å²) in [6, 6.07) is 40.6. The van der Waals surface area contributed by atoms with E-state index in [2.05, 4.69) is 142 Å². The number of aliphatic hydroxyl groups excluding tert-OH is 1. The van der Waals surface area contributed by atoms with E-state index in [0.717, 1.165) is 39.0 Å². The van der Waals surface area contributed by atoms with Gasteiger partial charge in [0.15, 0.2) is 5.78 Å². The first-order chi connectivity index (χ1) is 23.6. The number of benzene rings is 5. The molecule has 7 aromatic rings. The van der Waals surface area contributed by atoms with E-state index in [1.807, 2.05) is 12.1 Å². The van der Waals surface area contributed by atoms with Crippen LogP contribution in [0.4, 0.5) is 0 Å². The van der Waals surface area contributed by atoms with Crippen LogP contribution in [0.1, 0.15) is 64.5 Å². The van der Waals surface area contributed by atoms with Crippen molar-refractivity contribution in [1.82, 2.24) is 9.55 Å². The summed E-state index contributed by atoms with van der Waals surface area (Å²) in [5, 5.41) is 9.37. The Labute approximate surface area is 307 Å². The van der Waals surface area contributed by atoms with Gasteiger partial charge in [-0.05, 0) is 83.3 Å². The standard InChI is InChI=1S/C39H33N2O.C5H8O2.Ir/c1-25(2)31-22-30(28-15-9-6-10-16-28)23-32(26(3)4)38(31)41-36-18-12-11-17-35(36)40-39(41)34-24-42-37-20-19-29(21-33(34)37)27-13-7-5-8-14-27;1-4(6)3-5(2)7;/h5-23,25-26H,1-4H3;3,6H,1-2H3;/q-1;;/b;4-3-;. The van der Waals surface area contributed by atoms with Gasteiger partial charge in [0.25, 0.3) is 0 Å². The number of aliphatic hydroxyl groups is 1. The molecule has 0 fully saturated rings. The molecule has 0 saturated carbocycles. The normalized spacial score (nSPS) is 11.5. The maximum absolute atomic E-state index is 10.0. The maximum atomic E-state index is 10.0. The number of hydrogen-bond donors (Lipinski definition) is 1. The number of imidazole rings is 1. The van der Waals surface area contributed by atoms with Crippen LogP contribution in [0.3, 0.4) is 0 Å². The molecule has 0 unspecified atom stereocenters. The van der Waals surface area contributed by atoms with Gasteiger partial charge in [-0.15, -0.1) is 0 Å². The number of ketones is 1. The zero-order chi connectivity index (χ0) is 34.7. The van der Waals surface area contributed by atoms with Crippen LogP contribution in [0.25, 0.3) is 61.3 Å². The molecule has 0 aliphatic carbocycles. The Hall–Kier alpha value is -5.03. The van der Waals surface area contributed by atoms with Gasteiger partial charge in [0.1, 0.15) is 0 Å². The summed E-state index contributed by atoms with van der Waals surface area (Å²) in [6.45, 7) is 12.0. The number of aromatic nitrogens is 2. The third-order valence-corrected chi connectivity index (χ3v) is 8.56. The number of para-hydroxylation sites is 2. The first-order valence-electron chi connectivity index (χ1n) is 16.7. The molecule has 6 heteroatoms. The molecule has 0 bridgehead atoms. The Bertz CT molecular complexity index is 2250. The van der Waals surface area contributed by atoms with Gasteiger partial charge in [-0.2, -0.15) is 0 Å². The van der Waals surface area contributed by atoms with Crippen LogP contribution in [0.2, 0.25) is 0 Å². The van der Waals surface area contributed by atoms with Crippen LogP contribution >= 0.6 is 0 Å². The van der Waals surface area contributed by atoms with Crippen molar-refractivity contribution >= 4 is 27.8 Å². The second-order valence-electron chi connectivity index (χ2n) is 13.0. The molecule has 0 aliphatic rings. The van der Waals surface area contributed by atoms with Crippen LogP contribution < -0.4 is 0 Å². The van der Waals surface area contributed by atoms with Crippen LogP contribution in [-0.2, 0) is 24.9 Å². The summed E-state index contributed by atoms with van der Waals surface area (Å²) >= 11 is 0. The summed E-state index contributed by atoms with van der Waals surface area (Å²) < 4.78 is 8.39. The van der Waals surface area contributed by atoms with Crippen LogP contribution in [0, 0.1) is 6.26 Å². The van der Waals surface area contributed by atoms with Gasteiger partial charge in [0, 0.05) is 43.7 Å². The zero-order valence-corrected chi connectivity index (χ0v) is 31.6. The third-order valence-electron chi connectivity index (χ3n) is 8.56. The molecule has 50 heavy (non-hydrogen) atoms. The second-order valence-corrected chi connectivity index (χ2v) is 13.0. The Balaban J connectivity index is 0.000000553. The first-order valence-corrected chi connectivity index (χ1v) is 16.7. The van der Waals surface area contributed by atoms with E-state index < -0.39 is 0 Å². The van der Waals surface area contributed by atoms with E-state index in [4.69, 9.17) is 14.5 Å². The van der Waals surface area contributed by atoms with E-state index in [1.165, 1.54) is 53.4 Å². The van der Waals surface area contributed by atoms with E-state index in [-0.39, 0.29) is 31.6 Å². The number of fused-ring (bicyclic) bond motifs is 2. The Morgan fingerprint density at radius 1 is 0.740 bits per heavy atom. The molecule has 0 amide bonds. The van der Waals surface area contributed by atoms with E-state index in [9.17, 15) is 4.79 Å². The van der Waals surface area contributed by atoms with E-state index in [1.54, 1.807) is 0 Å². The summed E-state index contributed by atoms with van der Waals surface area (Å²) in [4.78, 5) is 15.3. The second kappa shape index (κ2) is 15.7. The molecule has 5 aromatic carbocycles. The molecule has 2 heterocycles. The minimum atomic E-state index is -0.125. The van der Waals surface area contributed by atoms with Crippen molar-refractivity contribution in [3.8, 4) is 39.3 Å². The molecule has 1 N–H and O–H groups in total. The molecule has 7 rings (SSSR count). The molecule has 0 spiro atoms. The van der Waals surface area contributed by atoms with Gasteiger partial charge < -0.3 is 14.1 Å². The molecule has 0 atom stereocenters. The van der Waals surface area contributed by atoms with Gasteiger partial charge in [-0.3, -0.25) is 9.78 Å². The molecular formula is C44H41IrN2O3-. The zero-order valence-electron chi connectivity index (χ0n) is 29.2. The average molecular weight is 838 g/mol. The Kier molecular flexibility index (Phi) is 11.4. The minimum absolute atomic E-state index is 0.